The number of carbonyl (C=O) groups excluding carboxylic acids is 1. The van der Waals surface area contributed by atoms with Crippen molar-refractivity contribution >= 4 is 16.7 Å². The van der Waals surface area contributed by atoms with Gasteiger partial charge in [0.05, 0.1) is 7.11 Å². The van der Waals surface area contributed by atoms with E-state index in [9.17, 15) is 4.79 Å². The molecule has 0 saturated heterocycles. The molecule has 4 rings (SSSR count). The van der Waals surface area contributed by atoms with Crippen LogP contribution in [0.4, 0.5) is 0 Å². The van der Waals surface area contributed by atoms with Gasteiger partial charge in [0.1, 0.15) is 11.5 Å². The van der Waals surface area contributed by atoms with Crippen molar-refractivity contribution in [1.29, 1.82) is 0 Å². The zero-order valence-corrected chi connectivity index (χ0v) is 14.6. The summed E-state index contributed by atoms with van der Waals surface area (Å²) in [5, 5.41) is 5.15. The van der Waals surface area contributed by atoms with Gasteiger partial charge in [-0.25, -0.2) is 0 Å². The van der Waals surface area contributed by atoms with Gasteiger partial charge in [0.2, 0.25) is 6.10 Å². The summed E-state index contributed by atoms with van der Waals surface area (Å²) in [6.07, 6.45) is 1.42. The third-order valence-electron chi connectivity index (χ3n) is 4.54. The van der Waals surface area contributed by atoms with E-state index in [-0.39, 0.29) is 11.9 Å². The number of benzene rings is 3. The van der Waals surface area contributed by atoms with Gasteiger partial charge < -0.3 is 14.8 Å². The molecule has 0 aliphatic heterocycles. The van der Waals surface area contributed by atoms with Crippen molar-refractivity contribution in [3.8, 4) is 11.5 Å². The average Bonchev–Trinajstić information content (AvgIpc) is 3.50. The second-order valence-corrected chi connectivity index (χ2v) is 6.57. The maximum Gasteiger partial charge on any atom is 0.266 e. The molecule has 3 aromatic rings. The minimum absolute atomic E-state index is 0.0931. The summed E-state index contributed by atoms with van der Waals surface area (Å²) < 4.78 is 11.4. The van der Waals surface area contributed by atoms with E-state index >= 15 is 0 Å². The van der Waals surface area contributed by atoms with Gasteiger partial charge in [0, 0.05) is 11.6 Å². The van der Waals surface area contributed by atoms with E-state index in [1.807, 2.05) is 66.7 Å². The molecule has 0 aromatic heterocycles. The van der Waals surface area contributed by atoms with Gasteiger partial charge in [-0.2, -0.15) is 0 Å². The van der Waals surface area contributed by atoms with Crippen molar-refractivity contribution < 1.29 is 14.3 Å². The molecule has 1 aliphatic carbocycles. The predicted molar refractivity (Wildman–Crippen MR) is 101 cm³/mol. The highest BCUT2D eigenvalue weighted by Crippen LogP contribution is 2.29. The van der Waals surface area contributed by atoms with Crippen LogP contribution in [0.1, 0.15) is 24.5 Å². The molecule has 0 unspecified atom stereocenters. The molecular formula is C22H21NO3. The first-order valence-electron chi connectivity index (χ1n) is 8.83. The molecule has 3 aromatic carbocycles. The lowest BCUT2D eigenvalue weighted by molar-refractivity contribution is -0.128. The lowest BCUT2D eigenvalue weighted by Gasteiger charge is -2.19. The molecule has 132 valence electrons. The number of fused-ring (bicyclic) bond motifs is 1. The Balaban J connectivity index is 1.63. The first-order chi connectivity index (χ1) is 12.7. The molecule has 0 spiro atoms. The van der Waals surface area contributed by atoms with Gasteiger partial charge in [-0.05, 0) is 47.9 Å². The Bertz CT molecular complexity index is 919. The molecule has 1 aliphatic rings. The number of ether oxygens (including phenoxy) is 2. The van der Waals surface area contributed by atoms with Crippen LogP contribution in [0.3, 0.4) is 0 Å². The maximum absolute atomic E-state index is 12.7. The molecule has 1 N–H and O–H groups in total. The Morgan fingerprint density at radius 2 is 1.65 bits per heavy atom. The number of hydrogen-bond acceptors (Lipinski definition) is 3. The smallest absolute Gasteiger partial charge is 0.266 e. The second-order valence-electron chi connectivity index (χ2n) is 6.57. The summed E-state index contributed by atoms with van der Waals surface area (Å²) >= 11 is 0. The van der Waals surface area contributed by atoms with Crippen molar-refractivity contribution in [3.05, 3.63) is 72.3 Å². The highest BCUT2D eigenvalue weighted by atomic mass is 16.5. The molecular weight excluding hydrogens is 326 g/mol. The third-order valence-corrected chi connectivity index (χ3v) is 4.54. The van der Waals surface area contributed by atoms with Gasteiger partial charge in [0.25, 0.3) is 5.91 Å². The van der Waals surface area contributed by atoms with Crippen LogP contribution in [-0.4, -0.2) is 19.1 Å². The van der Waals surface area contributed by atoms with E-state index in [4.69, 9.17) is 9.47 Å². The topological polar surface area (TPSA) is 47.6 Å². The van der Waals surface area contributed by atoms with Crippen LogP contribution in [-0.2, 0) is 4.79 Å². The van der Waals surface area contributed by atoms with Gasteiger partial charge >= 0.3 is 0 Å². The Morgan fingerprint density at radius 3 is 2.35 bits per heavy atom. The fraction of sp³-hybridized carbons (Fsp3) is 0.227. The lowest BCUT2D eigenvalue weighted by atomic mass is 10.1. The SMILES string of the molecule is COc1ccc2ccc(O[C@H](C(=O)NC3CC3)c3ccccc3)cc2c1. The zero-order valence-electron chi connectivity index (χ0n) is 14.6. The molecule has 26 heavy (non-hydrogen) atoms. The molecule has 1 saturated carbocycles. The zero-order chi connectivity index (χ0) is 17.9. The Labute approximate surface area is 152 Å². The first kappa shape index (κ1) is 16.5. The van der Waals surface area contributed by atoms with E-state index in [1.165, 1.54) is 0 Å². The normalized spacial score (nSPS) is 14.7. The number of hydrogen-bond donors (Lipinski definition) is 1. The predicted octanol–water partition coefficient (Wildman–Crippen LogP) is 4.25. The quantitative estimate of drug-likeness (QED) is 0.725. The molecule has 0 radical (unpaired) electrons. The maximum atomic E-state index is 12.7. The summed E-state index contributed by atoms with van der Waals surface area (Å²) in [5.74, 6) is 1.36. The Kier molecular flexibility index (Phi) is 4.48. The van der Waals surface area contributed by atoms with Crippen molar-refractivity contribution in [2.75, 3.05) is 7.11 Å². The highest BCUT2D eigenvalue weighted by molar-refractivity contribution is 5.86. The minimum atomic E-state index is -0.667. The molecule has 0 bridgehead atoms. The van der Waals surface area contributed by atoms with Crippen LogP contribution >= 0.6 is 0 Å². The first-order valence-corrected chi connectivity index (χ1v) is 8.83. The summed E-state index contributed by atoms with van der Waals surface area (Å²) in [4.78, 5) is 12.7. The van der Waals surface area contributed by atoms with Gasteiger partial charge in [0.15, 0.2) is 0 Å². The van der Waals surface area contributed by atoms with Crippen LogP contribution in [0, 0.1) is 0 Å². The Morgan fingerprint density at radius 1 is 0.962 bits per heavy atom. The van der Waals surface area contributed by atoms with Crippen LogP contribution in [0.2, 0.25) is 0 Å². The van der Waals surface area contributed by atoms with Crippen LogP contribution in [0.25, 0.3) is 10.8 Å². The summed E-state index contributed by atoms with van der Waals surface area (Å²) in [6, 6.07) is 21.6. The second kappa shape index (κ2) is 7.08. The number of rotatable bonds is 6. The Hall–Kier alpha value is -3.01. The van der Waals surface area contributed by atoms with E-state index in [0.717, 1.165) is 34.9 Å². The molecule has 4 nitrogen and oxygen atoms in total. The van der Waals surface area contributed by atoms with Gasteiger partial charge in [-0.3, -0.25) is 4.79 Å². The number of nitrogens with one attached hydrogen (secondary N) is 1. The fourth-order valence-corrected chi connectivity index (χ4v) is 2.94. The van der Waals surface area contributed by atoms with Crippen molar-refractivity contribution in [3.63, 3.8) is 0 Å². The van der Waals surface area contributed by atoms with E-state index < -0.39 is 6.10 Å². The van der Waals surface area contributed by atoms with E-state index in [2.05, 4.69) is 5.32 Å². The standard InChI is InChI=1S/C22H21NO3/c1-25-19-11-7-15-8-12-20(14-17(15)13-19)26-21(16-5-3-2-4-6-16)22(24)23-18-9-10-18/h2-8,11-14,18,21H,9-10H2,1H3,(H,23,24)/t21-/m0/s1. The third kappa shape index (κ3) is 3.64. The summed E-state index contributed by atoms with van der Waals surface area (Å²) in [6.45, 7) is 0. The average molecular weight is 347 g/mol. The fourth-order valence-electron chi connectivity index (χ4n) is 2.94. The number of amides is 1. The highest BCUT2D eigenvalue weighted by Gasteiger charge is 2.29. The van der Waals surface area contributed by atoms with Crippen molar-refractivity contribution in [2.24, 2.45) is 0 Å². The van der Waals surface area contributed by atoms with Crippen LogP contribution in [0.5, 0.6) is 11.5 Å². The molecule has 1 amide bonds. The van der Waals surface area contributed by atoms with Gasteiger partial charge in [-0.15, -0.1) is 0 Å². The largest absolute Gasteiger partial charge is 0.497 e. The van der Waals surface area contributed by atoms with Crippen LogP contribution < -0.4 is 14.8 Å². The summed E-state index contributed by atoms with van der Waals surface area (Å²) in [5.41, 5.74) is 0.844. The number of carbonyl (C=O) groups is 1. The van der Waals surface area contributed by atoms with Crippen molar-refractivity contribution in [2.45, 2.75) is 25.0 Å². The molecule has 1 atom stereocenters. The summed E-state index contributed by atoms with van der Waals surface area (Å²) in [7, 11) is 1.65. The molecule has 1 fully saturated rings. The van der Waals surface area contributed by atoms with Gasteiger partial charge in [-0.1, -0.05) is 42.5 Å². The van der Waals surface area contributed by atoms with Crippen molar-refractivity contribution in [1.82, 2.24) is 5.32 Å². The molecule has 0 heterocycles. The van der Waals surface area contributed by atoms with Crippen LogP contribution in [0.15, 0.2) is 66.7 Å². The minimum Gasteiger partial charge on any atom is -0.497 e. The van der Waals surface area contributed by atoms with E-state index in [1.54, 1.807) is 7.11 Å². The monoisotopic (exact) mass is 347 g/mol. The number of methoxy groups -OCH3 is 1. The lowest BCUT2D eigenvalue weighted by Crippen LogP contribution is -2.33. The molecule has 4 heteroatoms. The van der Waals surface area contributed by atoms with E-state index in [0.29, 0.717) is 5.75 Å².